The van der Waals surface area contributed by atoms with E-state index in [9.17, 15) is 13.6 Å². The van der Waals surface area contributed by atoms with Gasteiger partial charge in [-0.2, -0.15) is 8.78 Å². The van der Waals surface area contributed by atoms with Crippen LogP contribution in [0, 0.1) is 0 Å². The number of methoxy groups -OCH3 is 1. The summed E-state index contributed by atoms with van der Waals surface area (Å²) in [7, 11) is 3.06. The first-order chi connectivity index (χ1) is 13.5. The molecular formula is C21H20F2N2O3. The third-order valence-electron chi connectivity index (χ3n) is 4.21. The molecule has 0 atom stereocenters. The fourth-order valence-corrected chi connectivity index (χ4v) is 2.88. The minimum Gasteiger partial charge on any atom is -0.493 e. The highest BCUT2D eigenvalue weighted by atomic mass is 19.3. The normalized spacial score (nSPS) is 10.8. The maximum Gasteiger partial charge on any atom is 0.387 e. The lowest BCUT2D eigenvalue weighted by Gasteiger charge is -2.19. The molecule has 0 aliphatic heterocycles. The van der Waals surface area contributed by atoms with Crippen LogP contribution in [0.3, 0.4) is 0 Å². The molecular weight excluding hydrogens is 366 g/mol. The Bertz CT molecular complexity index is 943. The van der Waals surface area contributed by atoms with Crippen molar-refractivity contribution < 1.29 is 23.0 Å². The first kappa shape index (κ1) is 19.4. The molecule has 0 unspecified atom stereocenters. The molecule has 0 fully saturated rings. The maximum atomic E-state index is 12.8. The highest BCUT2D eigenvalue weighted by Gasteiger charge is 2.15. The van der Waals surface area contributed by atoms with Crippen molar-refractivity contribution in [1.29, 1.82) is 0 Å². The summed E-state index contributed by atoms with van der Waals surface area (Å²) in [6, 6.07) is 15.8. The summed E-state index contributed by atoms with van der Waals surface area (Å²) in [6.07, 6.45) is 3.81. The monoisotopic (exact) mass is 386 g/mol. The number of carbonyl (C=O) groups is 1. The zero-order valence-corrected chi connectivity index (χ0v) is 15.5. The fraction of sp³-hybridized carbons (Fsp3) is 0.190. The molecule has 0 spiro atoms. The molecule has 0 radical (unpaired) electrons. The van der Waals surface area contributed by atoms with Crippen LogP contribution in [0.25, 0.3) is 5.69 Å². The Hall–Kier alpha value is -3.35. The van der Waals surface area contributed by atoms with E-state index in [1.165, 1.54) is 13.2 Å². The van der Waals surface area contributed by atoms with E-state index in [-0.39, 0.29) is 24.0 Å². The van der Waals surface area contributed by atoms with Gasteiger partial charge in [-0.1, -0.05) is 12.1 Å². The van der Waals surface area contributed by atoms with Crippen LogP contribution in [0.1, 0.15) is 15.9 Å². The summed E-state index contributed by atoms with van der Waals surface area (Å²) >= 11 is 0. The summed E-state index contributed by atoms with van der Waals surface area (Å²) in [5.41, 5.74) is 2.17. The molecule has 0 N–H and O–H groups in total. The van der Waals surface area contributed by atoms with Crippen molar-refractivity contribution in [2.75, 3.05) is 14.2 Å². The third-order valence-corrected chi connectivity index (χ3v) is 4.21. The third kappa shape index (κ3) is 4.49. The molecule has 0 aliphatic carbocycles. The van der Waals surface area contributed by atoms with Crippen LogP contribution in [0.15, 0.2) is 67.0 Å². The number of ether oxygens (including phenoxy) is 2. The zero-order valence-electron chi connectivity index (χ0n) is 15.5. The molecule has 0 saturated heterocycles. The predicted octanol–water partition coefficient (Wildman–Crippen LogP) is 4.36. The molecule has 5 nitrogen and oxygen atoms in total. The van der Waals surface area contributed by atoms with Crippen molar-refractivity contribution in [3.05, 3.63) is 78.1 Å². The molecule has 7 heteroatoms. The minimum absolute atomic E-state index is 0.0466. The van der Waals surface area contributed by atoms with Crippen molar-refractivity contribution >= 4 is 5.91 Å². The molecule has 1 aromatic heterocycles. The van der Waals surface area contributed by atoms with Crippen molar-refractivity contribution in [3.63, 3.8) is 0 Å². The van der Waals surface area contributed by atoms with Crippen molar-refractivity contribution in [2.24, 2.45) is 0 Å². The van der Waals surface area contributed by atoms with Gasteiger partial charge in [0.1, 0.15) is 0 Å². The van der Waals surface area contributed by atoms with Gasteiger partial charge in [-0.15, -0.1) is 0 Å². The average molecular weight is 386 g/mol. The van der Waals surface area contributed by atoms with Gasteiger partial charge >= 0.3 is 6.61 Å². The number of benzene rings is 2. The van der Waals surface area contributed by atoms with E-state index in [0.717, 1.165) is 11.3 Å². The summed E-state index contributed by atoms with van der Waals surface area (Å²) in [4.78, 5) is 14.4. The Morgan fingerprint density at radius 1 is 1.07 bits per heavy atom. The molecule has 3 aromatic rings. The summed E-state index contributed by atoms with van der Waals surface area (Å²) < 4.78 is 36.3. The van der Waals surface area contributed by atoms with E-state index in [4.69, 9.17) is 4.74 Å². The van der Waals surface area contributed by atoms with Crippen LogP contribution in [0.4, 0.5) is 8.78 Å². The second-order valence-electron chi connectivity index (χ2n) is 6.17. The van der Waals surface area contributed by atoms with Crippen LogP contribution in [-0.4, -0.2) is 36.1 Å². The average Bonchev–Trinajstić information content (AvgIpc) is 3.23. The zero-order chi connectivity index (χ0) is 20.1. The number of alkyl halides is 2. The SMILES string of the molecule is COc1cc(CN(C)C(=O)c2cccc(-n3cccc3)c2)ccc1OC(F)F. The maximum absolute atomic E-state index is 12.8. The summed E-state index contributed by atoms with van der Waals surface area (Å²) in [5, 5.41) is 0. The first-order valence-electron chi connectivity index (χ1n) is 8.58. The molecule has 1 heterocycles. The van der Waals surface area contributed by atoms with Crippen molar-refractivity contribution in [3.8, 4) is 17.2 Å². The van der Waals surface area contributed by atoms with E-state index >= 15 is 0 Å². The fourth-order valence-electron chi connectivity index (χ4n) is 2.88. The number of hydrogen-bond acceptors (Lipinski definition) is 3. The lowest BCUT2D eigenvalue weighted by molar-refractivity contribution is -0.0512. The Balaban J connectivity index is 1.75. The molecule has 0 aliphatic rings. The first-order valence-corrected chi connectivity index (χ1v) is 8.58. The largest absolute Gasteiger partial charge is 0.493 e. The van der Waals surface area contributed by atoms with Gasteiger partial charge < -0.3 is 18.9 Å². The van der Waals surface area contributed by atoms with Gasteiger partial charge in [0.2, 0.25) is 0 Å². The highest BCUT2D eigenvalue weighted by Crippen LogP contribution is 2.30. The van der Waals surface area contributed by atoms with Gasteiger partial charge in [0, 0.05) is 37.2 Å². The Morgan fingerprint density at radius 3 is 2.50 bits per heavy atom. The molecule has 28 heavy (non-hydrogen) atoms. The van der Waals surface area contributed by atoms with Gasteiger partial charge in [-0.05, 0) is 48.0 Å². The van der Waals surface area contributed by atoms with E-state index in [1.807, 2.05) is 47.3 Å². The molecule has 3 rings (SSSR count). The minimum atomic E-state index is -2.93. The van der Waals surface area contributed by atoms with Crippen molar-refractivity contribution in [2.45, 2.75) is 13.2 Å². The van der Waals surface area contributed by atoms with Crippen LogP contribution >= 0.6 is 0 Å². The van der Waals surface area contributed by atoms with Crippen LogP contribution in [0.2, 0.25) is 0 Å². The number of nitrogens with zero attached hydrogens (tertiary/aromatic N) is 2. The van der Waals surface area contributed by atoms with E-state index in [0.29, 0.717) is 5.56 Å². The van der Waals surface area contributed by atoms with Crippen molar-refractivity contribution in [1.82, 2.24) is 9.47 Å². The Kier molecular flexibility index (Phi) is 5.93. The summed E-state index contributed by atoms with van der Waals surface area (Å²) in [6.45, 7) is -2.64. The van der Waals surface area contributed by atoms with Gasteiger partial charge in [0.15, 0.2) is 11.5 Å². The number of hydrogen-bond donors (Lipinski definition) is 0. The Labute approximate surface area is 161 Å². The topological polar surface area (TPSA) is 43.7 Å². The van der Waals surface area contributed by atoms with Crippen LogP contribution < -0.4 is 9.47 Å². The van der Waals surface area contributed by atoms with E-state index in [2.05, 4.69) is 4.74 Å². The standard InChI is InChI=1S/C21H20F2N2O3/c1-24(14-15-8-9-18(28-21(22)23)19(12-15)27-2)20(26)16-6-5-7-17(13-16)25-10-3-4-11-25/h3-13,21H,14H2,1-2H3. The predicted molar refractivity (Wildman–Crippen MR) is 101 cm³/mol. The number of amides is 1. The molecule has 2 aromatic carbocycles. The van der Waals surface area contributed by atoms with E-state index < -0.39 is 6.61 Å². The smallest absolute Gasteiger partial charge is 0.387 e. The van der Waals surface area contributed by atoms with Gasteiger partial charge in [0.05, 0.1) is 7.11 Å². The molecule has 0 bridgehead atoms. The highest BCUT2D eigenvalue weighted by molar-refractivity contribution is 5.94. The molecule has 0 saturated carbocycles. The molecule has 146 valence electrons. The number of rotatable bonds is 7. The second-order valence-corrected chi connectivity index (χ2v) is 6.17. The lowest BCUT2D eigenvalue weighted by atomic mass is 10.1. The van der Waals surface area contributed by atoms with Crippen LogP contribution in [0.5, 0.6) is 11.5 Å². The number of halogens is 2. The van der Waals surface area contributed by atoms with E-state index in [1.54, 1.807) is 30.1 Å². The van der Waals surface area contributed by atoms with Gasteiger partial charge in [0.25, 0.3) is 5.91 Å². The van der Waals surface area contributed by atoms with Crippen LogP contribution in [-0.2, 0) is 6.54 Å². The Morgan fingerprint density at radius 2 is 1.82 bits per heavy atom. The number of carbonyl (C=O) groups excluding carboxylic acids is 1. The number of aromatic nitrogens is 1. The second kappa shape index (κ2) is 8.56. The molecule has 1 amide bonds. The lowest BCUT2D eigenvalue weighted by Crippen LogP contribution is -2.26. The van der Waals surface area contributed by atoms with Gasteiger partial charge in [-0.3, -0.25) is 4.79 Å². The van der Waals surface area contributed by atoms with Gasteiger partial charge in [-0.25, -0.2) is 0 Å². The quantitative estimate of drug-likeness (QED) is 0.606. The summed E-state index contributed by atoms with van der Waals surface area (Å²) in [5.74, 6) is -0.0104.